The molecule has 1 aliphatic heterocycles. The molecule has 1 aromatic carbocycles. The lowest BCUT2D eigenvalue weighted by molar-refractivity contribution is -0.143. The van der Waals surface area contributed by atoms with E-state index < -0.39 is 6.04 Å². The number of carbonyl (C=O) groups is 1. The van der Waals surface area contributed by atoms with Crippen molar-refractivity contribution >= 4 is 17.6 Å². The predicted molar refractivity (Wildman–Crippen MR) is 73.1 cm³/mol. The van der Waals surface area contributed by atoms with Crippen molar-refractivity contribution in [3.05, 3.63) is 22.7 Å². The van der Waals surface area contributed by atoms with Crippen molar-refractivity contribution < 1.29 is 19.0 Å². The Morgan fingerprint density at radius 1 is 1.50 bits per heavy atom. The third kappa shape index (κ3) is 2.69. The topological polar surface area (TPSA) is 56.8 Å². The largest absolute Gasteiger partial charge is 0.468 e. The predicted octanol–water partition coefficient (Wildman–Crippen LogP) is 2.28. The maximum absolute atomic E-state index is 12.0. The van der Waals surface area contributed by atoms with E-state index in [1.54, 1.807) is 12.1 Å². The van der Waals surface area contributed by atoms with Crippen LogP contribution < -0.4 is 14.8 Å². The van der Waals surface area contributed by atoms with Crippen LogP contribution in [-0.4, -0.2) is 26.4 Å². The molecule has 1 heterocycles. The van der Waals surface area contributed by atoms with Crippen molar-refractivity contribution in [1.29, 1.82) is 0 Å². The van der Waals surface area contributed by atoms with Crippen LogP contribution in [0.15, 0.2) is 12.1 Å². The fourth-order valence-corrected chi connectivity index (χ4v) is 2.49. The molecule has 1 aromatic rings. The van der Waals surface area contributed by atoms with Gasteiger partial charge in [0.2, 0.25) is 6.79 Å². The van der Waals surface area contributed by atoms with Crippen molar-refractivity contribution in [1.82, 2.24) is 5.32 Å². The van der Waals surface area contributed by atoms with E-state index in [4.69, 9.17) is 25.8 Å². The molecule has 108 valence electrons. The highest BCUT2D eigenvalue weighted by atomic mass is 35.5. The molecule has 20 heavy (non-hydrogen) atoms. The van der Waals surface area contributed by atoms with Crippen molar-refractivity contribution in [2.45, 2.75) is 18.9 Å². The minimum Gasteiger partial charge on any atom is -0.468 e. The third-order valence-electron chi connectivity index (χ3n) is 3.53. The van der Waals surface area contributed by atoms with E-state index in [1.165, 1.54) is 20.0 Å². The van der Waals surface area contributed by atoms with Crippen LogP contribution in [0.1, 0.15) is 24.4 Å². The molecule has 0 spiro atoms. The van der Waals surface area contributed by atoms with Gasteiger partial charge >= 0.3 is 5.97 Å². The first-order valence-electron chi connectivity index (χ1n) is 6.59. The lowest BCUT2D eigenvalue weighted by Crippen LogP contribution is -2.31. The summed E-state index contributed by atoms with van der Waals surface area (Å²) in [5.74, 6) is 1.42. The van der Waals surface area contributed by atoms with E-state index in [2.05, 4.69) is 5.32 Å². The number of carbonyl (C=O) groups excluding carboxylic acids is 1. The van der Waals surface area contributed by atoms with Gasteiger partial charge < -0.3 is 19.5 Å². The number of rotatable bonds is 5. The summed E-state index contributed by atoms with van der Waals surface area (Å²) in [4.78, 5) is 12.0. The van der Waals surface area contributed by atoms with E-state index >= 15 is 0 Å². The smallest absolute Gasteiger partial charge is 0.327 e. The SMILES string of the molecule is COC(=O)C(NCC1CC1)c1cc(Cl)c2c(c1)OCO2. The molecule has 0 amide bonds. The monoisotopic (exact) mass is 297 g/mol. The van der Waals surface area contributed by atoms with Gasteiger partial charge in [-0.1, -0.05) is 11.6 Å². The Kier molecular flexibility index (Phi) is 3.72. The first kappa shape index (κ1) is 13.5. The molecule has 5 nitrogen and oxygen atoms in total. The second-order valence-corrected chi connectivity index (χ2v) is 5.45. The summed E-state index contributed by atoms with van der Waals surface area (Å²) < 4.78 is 15.5. The van der Waals surface area contributed by atoms with Crippen LogP contribution in [0.2, 0.25) is 5.02 Å². The summed E-state index contributed by atoms with van der Waals surface area (Å²) in [6.07, 6.45) is 2.42. The Hall–Kier alpha value is -1.46. The molecule has 0 aromatic heterocycles. The Balaban J connectivity index is 1.85. The van der Waals surface area contributed by atoms with Gasteiger partial charge in [-0.25, -0.2) is 4.79 Å². The number of fused-ring (bicyclic) bond motifs is 1. The second kappa shape index (κ2) is 5.50. The zero-order chi connectivity index (χ0) is 14.1. The Labute approximate surface area is 122 Å². The maximum atomic E-state index is 12.0. The number of hydrogen-bond acceptors (Lipinski definition) is 5. The first-order valence-corrected chi connectivity index (χ1v) is 6.97. The Morgan fingerprint density at radius 3 is 3.00 bits per heavy atom. The molecule has 1 saturated carbocycles. The summed E-state index contributed by atoms with van der Waals surface area (Å²) in [5.41, 5.74) is 0.728. The van der Waals surface area contributed by atoms with Crippen molar-refractivity contribution in [3.63, 3.8) is 0 Å². The second-order valence-electron chi connectivity index (χ2n) is 5.04. The van der Waals surface area contributed by atoms with Crippen molar-refractivity contribution in [2.75, 3.05) is 20.4 Å². The molecule has 0 saturated heterocycles. The Bertz CT molecular complexity index is 530. The van der Waals surface area contributed by atoms with Gasteiger partial charge in [0.1, 0.15) is 6.04 Å². The molecule has 1 unspecified atom stereocenters. The number of nitrogens with one attached hydrogen (secondary N) is 1. The fourth-order valence-electron chi connectivity index (χ4n) is 2.22. The van der Waals surface area contributed by atoms with Gasteiger partial charge in [-0.3, -0.25) is 0 Å². The average Bonchev–Trinajstić information content (AvgIpc) is 3.14. The van der Waals surface area contributed by atoms with Gasteiger partial charge in [0.25, 0.3) is 0 Å². The van der Waals surface area contributed by atoms with Gasteiger partial charge in [0.15, 0.2) is 11.5 Å². The van der Waals surface area contributed by atoms with Crippen molar-refractivity contribution in [3.8, 4) is 11.5 Å². The van der Waals surface area contributed by atoms with Crippen LogP contribution in [0.3, 0.4) is 0 Å². The molecule has 2 aliphatic rings. The minimum atomic E-state index is -0.535. The van der Waals surface area contributed by atoms with E-state index in [0.717, 1.165) is 12.1 Å². The zero-order valence-electron chi connectivity index (χ0n) is 11.1. The number of benzene rings is 1. The van der Waals surface area contributed by atoms with Crippen LogP contribution in [0.4, 0.5) is 0 Å². The molecule has 1 aliphatic carbocycles. The number of hydrogen-bond donors (Lipinski definition) is 1. The van der Waals surface area contributed by atoms with Gasteiger partial charge in [0, 0.05) is 0 Å². The summed E-state index contributed by atoms with van der Waals surface area (Å²) in [6, 6.07) is 2.96. The molecule has 3 rings (SSSR count). The number of esters is 1. The minimum absolute atomic E-state index is 0.150. The van der Waals surface area contributed by atoms with Gasteiger partial charge in [-0.2, -0.15) is 0 Å². The van der Waals surface area contributed by atoms with Crippen LogP contribution in [0.25, 0.3) is 0 Å². The number of methoxy groups -OCH3 is 1. The highest BCUT2D eigenvalue weighted by Crippen LogP contribution is 2.41. The van der Waals surface area contributed by atoms with Crippen LogP contribution in [-0.2, 0) is 9.53 Å². The summed E-state index contributed by atoms with van der Waals surface area (Å²) in [5, 5.41) is 3.68. The van der Waals surface area contributed by atoms with Gasteiger partial charge in [0.05, 0.1) is 12.1 Å². The van der Waals surface area contributed by atoms with Gasteiger partial charge in [-0.05, 0) is 43.0 Å². The van der Waals surface area contributed by atoms with Crippen LogP contribution in [0.5, 0.6) is 11.5 Å². The molecular weight excluding hydrogens is 282 g/mol. The lowest BCUT2D eigenvalue weighted by atomic mass is 10.1. The van der Waals surface area contributed by atoms with Crippen molar-refractivity contribution in [2.24, 2.45) is 5.92 Å². The number of ether oxygens (including phenoxy) is 3. The molecular formula is C14H16ClNO4. The van der Waals surface area contributed by atoms with E-state index in [9.17, 15) is 4.79 Å². The Morgan fingerprint density at radius 2 is 2.30 bits per heavy atom. The molecule has 6 heteroatoms. The van der Waals surface area contributed by atoms with E-state index in [0.29, 0.717) is 22.4 Å². The molecule has 1 N–H and O–H groups in total. The molecule has 1 atom stereocenters. The standard InChI is InChI=1S/C14H16ClNO4/c1-18-14(17)12(16-6-8-2-3-8)9-4-10(15)13-11(5-9)19-7-20-13/h4-5,8,12,16H,2-3,6-7H2,1H3. The van der Waals surface area contributed by atoms with E-state index in [-0.39, 0.29) is 12.8 Å². The lowest BCUT2D eigenvalue weighted by Gasteiger charge is -2.17. The van der Waals surface area contributed by atoms with Gasteiger partial charge in [-0.15, -0.1) is 0 Å². The summed E-state index contributed by atoms with van der Waals surface area (Å²) in [7, 11) is 1.38. The summed E-state index contributed by atoms with van der Waals surface area (Å²) >= 11 is 6.16. The quantitative estimate of drug-likeness (QED) is 0.845. The number of halogens is 1. The zero-order valence-corrected chi connectivity index (χ0v) is 11.9. The fraction of sp³-hybridized carbons (Fsp3) is 0.500. The molecule has 1 fully saturated rings. The average molecular weight is 298 g/mol. The van der Waals surface area contributed by atoms with Crippen LogP contribution >= 0.6 is 11.6 Å². The van der Waals surface area contributed by atoms with E-state index in [1.807, 2.05) is 0 Å². The molecule has 0 bridgehead atoms. The highest BCUT2D eigenvalue weighted by Gasteiger charge is 2.29. The van der Waals surface area contributed by atoms with Crippen LogP contribution in [0, 0.1) is 5.92 Å². The maximum Gasteiger partial charge on any atom is 0.327 e. The normalized spacial score (nSPS) is 17.9. The highest BCUT2D eigenvalue weighted by molar-refractivity contribution is 6.32. The molecule has 0 radical (unpaired) electrons. The summed E-state index contributed by atoms with van der Waals surface area (Å²) in [6.45, 7) is 0.947. The third-order valence-corrected chi connectivity index (χ3v) is 3.81. The first-order chi connectivity index (χ1) is 9.69.